The van der Waals surface area contributed by atoms with Crippen LogP contribution in [0.2, 0.25) is 0 Å². The standard InChI is InChI=1S/C42H50O4/c1-27-23-33(7-11-37(27)43)41(34-8-12-38(44)28(2)24-34)19-15-31(16-20-41)5-6-32-17-21-42(22-18-32,35-9-13-39(45)29(3)25-35)36-10-14-40(46)30(4)26-36/h7-14,23-26,31-32,43-46H,5-6,15-22H2,1-4H3. The minimum atomic E-state index is -0.109. The molecule has 4 heteroatoms. The van der Waals surface area contributed by atoms with E-state index in [1.54, 1.807) is 0 Å². The lowest BCUT2D eigenvalue weighted by Gasteiger charge is -2.43. The second-order valence-corrected chi connectivity index (χ2v) is 14.6. The Hall–Kier alpha value is -3.92. The predicted molar refractivity (Wildman–Crippen MR) is 186 cm³/mol. The van der Waals surface area contributed by atoms with E-state index in [9.17, 15) is 20.4 Å². The van der Waals surface area contributed by atoms with Gasteiger partial charge in [-0.2, -0.15) is 0 Å². The third-order valence-corrected chi connectivity index (χ3v) is 11.9. The van der Waals surface area contributed by atoms with Gasteiger partial charge in [0.05, 0.1) is 0 Å². The van der Waals surface area contributed by atoms with Gasteiger partial charge in [0, 0.05) is 10.8 Å². The zero-order valence-electron chi connectivity index (χ0n) is 27.9. The van der Waals surface area contributed by atoms with Gasteiger partial charge < -0.3 is 20.4 Å². The zero-order chi connectivity index (χ0) is 32.6. The molecule has 0 radical (unpaired) electrons. The molecule has 0 aromatic heterocycles. The van der Waals surface area contributed by atoms with Crippen molar-refractivity contribution in [3.63, 3.8) is 0 Å². The molecule has 6 rings (SSSR count). The number of hydrogen-bond donors (Lipinski definition) is 4. The van der Waals surface area contributed by atoms with Gasteiger partial charge >= 0.3 is 0 Å². The van der Waals surface area contributed by atoms with Gasteiger partial charge in [-0.25, -0.2) is 0 Å². The molecule has 0 atom stereocenters. The topological polar surface area (TPSA) is 80.9 Å². The van der Waals surface area contributed by atoms with Crippen molar-refractivity contribution in [3.05, 3.63) is 117 Å². The summed E-state index contributed by atoms with van der Waals surface area (Å²) in [5.74, 6) is 2.77. The van der Waals surface area contributed by atoms with Crippen LogP contribution in [0.5, 0.6) is 23.0 Å². The van der Waals surface area contributed by atoms with Crippen LogP contribution >= 0.6 is 0 Å². The van der Waals surface area contributed by atoms with Gasteiger partial charge in [0.1, 0.15) is 23.0 Å². The van der Waals surface area contributed by atoms with Crippen LogP contribution in [0.1, 0.15) is 109 Å². The molecule has 46 heavy (non-hydrogen) atoms. The Bertz CT molecular complexity index is 1470. The second-order valence-electron chi connectivity index (χ2n) is 14.6. The van der Waals surface area contributed by atoms with Crippen molar-refractivity contribution in [1.82, 2.24) is 0 Å². The van der Waals surface area contributed by atoms with Gasteiger partial charge in [-0.15, -0.1) is 0 Å². The van der Waals surface area contributed by atoms with Gasteiger partial charge in [0.2, 0.25) is 0 Å². The summed E-state index contributed by atoms with van der Waals surface area (Å²) in [5.41, 5.74) is 8.49. The molecule has 0 heterocycles. The summed E-state index contributed by atoms with van der Waals surface area (Å²) in [7, 11) is 0. The maximum Gasteiger partial charge on any atom is 0.118 e. The highest BCUT2D eigenvalue weighted by molar-refractivity contribution is 5.49. The van der Waals surface area contributed by atoms with E-state index in [1.807, 2.05) is 52.0 Å². The first-order chi connectivity index (χ1) is 22.0. The third-order valence-electron chi connectivity index (χ3n) is 11.9. The van der Waals surface area contributed by atoms with E-state index < -0.39 is 0 Å². The number of benzene rings is 4. The summed E-state index contributed by atoms with van der Waals surface area (Å²) >= 11 is 0. The Labute approximate surface area is 274 Å². The van der Waals surface area contributed by atoms with E-state index in [0.717, 1.165) is 47.9 Å². The molecule has 242 valence electrons. The van der Waals surface area contributed by atoms with Crippen molar-refractivity contribution in [2.75, 3.05) is 0 Å². The number of rotatable bonds is 7. The van der Waals surface area contributed by atoms with E-state index in [0.29, 0.717) is 34.8 Å². The summed E-state index contributed by atoms with van der Waals surface area (Å²) in [5, 5.41) is 41.1. The number of phenolic OH excluding ortho intramolecular Hbond substituents is 4. The Morgan fingerprint density at radius 1 is 0.435 bits per heavy atom. The van der Waals surface area contributed by atoms with E-state index >= 15 is 0 Å². The Morgan fingerprint density at radius 3 is 0.891 bits per heavy atom. The first-order valence-electron chi connectivity index (χ1n) is 17.2. The zero-order valence-corrected chi connectivity index (χ0v) is 27.9. The van der Waals surface area contributed by atoms with Crippen molar-refractivity contribution in [1.29, 1.82) is 0 Å². The van der Waals surface area contributed by atoms with E-state index in [2.05, 4.69) is 48.5 Å². The lowest BCUT2D eigenvalue weighted by atomic mass is 9.61. The molecule has 0 bridgehead atoms. The molecule has 4 nitrogen and oxygen atoms in total. The quantitative estimate of drug-likeness (QED) is 0.166. The summed E-state index contributed by atoms with van der Waals surface area (Å²) in [4.78, 5) is 0. The fraction of sp³-hybridized carbons (Fsp3) is 0.429. The molecule has 0 unspecified atom stereocenters. The number of phenols is 4. The Balaban J connectivity index is 1.15. The van der Waals surface area contributed by atoms with Crippen LogP contribution in [-0.4, -0.2) is 20.4 Å². The highest BCUT2D eigenvalue weighted by Crippen LogP contribution is 2.51. The van der Waals surface area contributed by atoms with Gasteiger partial charge in [-0.05, 0) is 160 Å². The minimum absolute atomic E-state index is 0.109. The fourth-order valence-electron chi connectivity index (χ4n) is 8.69. The molecule has 2 saturated carbocycles. The van der Waals surface area contributed by atoms with E-state index in [-0.39, 0.29) is 10.8 Å². The normalized spacial score (nSPS) is 18.4. The molecule has 0 amide bonds. The molecular formula is C42H50O4. The van der Waals surface area contributed by atoms with E-state index in [4.69, 9.17) is 0 Å². The Kier molecular flexibility index (Phi) is 8.85. The first kappa shape index (κ1) is 32.0. The van der Waals surface area contributed by atoms with Gasteiger partial charge in [0.25, 0.3) is 0 Å². The highest BCUT2D eigenvalue weighted by atomic mass is 16.3. The largest absolute Gasteiger partial charge is 0.508 e. The van der Waals surface area contributed by atoms with Crippen molar-refractivity contribution in [2.45, 2.75) is 103 Å². The molecule has 2 aliphatic rings. The molecule has 4 aromatic carbocycles. The van der Waals surface area contributed by atoms with Crippen molar-refractivity contribution in [3.8, 4) is 23.0 Å². The highest BCUT2D eigenvalue weighted by Gasteiger charge is 2.41. The predicted octanol–water partition coefficient (Wildman–Crippen LogP) is 10.2. The van der Waals surface area contributed by atoms with Crippen LogP contribution in [0.25, 0.3) is 0 Å². The van der Waals surface area contributed by atoms with Crippen LogP contribution in [0.4, 0.5) is 0 Å². The summed E-state index contributed by atoms with van der Waals surface area (Å²) in [6.07, 6.45) is 11.5. The van der Waals surface area contributed by atoms with E-state index in [1.165, 1.54) is 60.8 Å². The van der Waals surface area contributed by atoms with Gasteiger partial charge in [-0.3, -0.25) is 0 Å². The third kappa shape index (κ3) is 5.99. The number of hydrogen-bond acceptors (Lipinski definition) is 4. The molecule has 4 N–H and O–H groups in total. The van der Waals surface area contributed by atoms with Crippen LogP contribution < -0.4 is 0 Å². The molecule has 2 aliphatic carbocycles. The van der Waals surface area contributed by atoms with Crippen molar-refractivity contribution in [2.24, 2.45) is 11.8 Å². The average Bonchev–Trinajstić information content (AvgIpc) is 3.06. The van der Waals surface area contributed by atoms with Crippen LogP contribution in [0.3, 0.4) is 0 Å². The fourth-order valence-corrected chi connectivity index (χ4v) is 8.69. The Morgan fingerprint density at radius 2 is 0.674 bits per heavy atom. The van der Waals surface area contributed by atoms with Gasteiger partial charge in [-0.1, -0.05) is 61.4 Å². The molecular weight excluding hydrogens is 568 g/mol. The summed E-state index contributed by atoms with van der Waals surface area (Å²) in [6.45, 7) is 7.91. The molecule has 0 saturated heterocycles. The monoisotopic (exact) mass is 618 g/mol. The molecule has 2 fully saturated rings. The smallest absolute Gasteiger partial charge is 0.118 e. The molecule has 0 spiro atoms. The van der Waals surface area contributed by atoms with Gasteiger partial charge in [0.15, 0.2) is 0 Å². The molecule has 0 aliphatic heterocycles. The second kappa shape index (κ2) is 12.7. The SMILES string of the molecule is Cc1cc(C2(c3ccc(O)c(C)c3)CCC(CCC3CCC(c4ccc(O)c(C)c4)(c4ccc(O)c(C)c4)CC3)CC2)ccc1O. The average molecular weight is 619 g/mol. The first-order valence-corrected chi connectivity index (χ1v) is 17.2. The lowest BCUT2D eigenvalue weighted by Crippen LogP contribution is -2.34. The van der Waals surface area contributed by atoms with Crippen molar-refractivity contribution >= 4 is 0 Å². The lowest BCUT2D eigenvalue weighted by molar-refractivity contribution is 0.210. The van der Waals surface area contributed by atoms with Crippen molar-refractivity contribution < 1.29 is 20.4 Å². The number of aryl methyl sites for hydroxylation is 4. The van der Waals surface area contributed by atoms with Crippen LogP contribution in [-0.2, 0) is 10.8 Å². The summed E-state index contributed by atoms with van der Waals surface area (Å²) < 4.78 is 0. The summed E-state index contributed by atoms with van der Waals surface area (Å²) in [6, 6.07) is 24.4. The number of aromatic hydroxyl groups is 4. The van der Waals surface area contributed by atoms with Crippen LogP contribution in [0, 0.1) is 39.5 Å². The maximum absolute atomic E-state index is 10.3. The minimum Gasteiger partial charge on any atom is -0.508 e. The van der Waals surface area contributed by atoms with Crippen LogP contribution in [0.15, 0.2) is 72.8 Å². The molecule has 4 aromatic rings. The maximum atomic E-state index is 10.3.